The van der Waals surface area contributed by atoms with Crippen molar-refractivity contribution in [3.63, 3.8) is 0 Å². The minimum Gasteiger partial charge on any atom is -0.377 e. The molecule has 1 rings (SSSR count). The molecule has 1 aromatic carbocycles. The monoisotopic (exact) mass is 271 g/mol. The van der Waals surface area contributed by atoms with Crippen molar-refractivity contribution in [3.05, 3.63) is 29.8 Å². The van der Waals surface area contributed by atoms with Gasteiger partial charge in [-0.05, 0) is 24.6 Å². The predicted molar refractivity (Wildman–Crippen MR) is 71.9 cm³/mol. The Hall–Kier alpha value is -0.910. The van der Waals surface area contributed by atoms with E-state index >= 15 is 0 Å². The lowest BCUT2D eigenvalue weighted by Gasteiger charge is -2.18. The normalized spacial score (nSPS) is 12.0. The summed E-state index contributed by atoms with van der Waals surface area (Å²) in [7, 11) is -3.37. The van der Waals surface area contributed by atoms with Crippen LogP contribution in [0.1, 0.15) is 26.3 Å². The summed E-state index contributed by atoms with van der Waals surface area (Å²) in [6.45, 7) is 7.61. The molecule has 0 aliphatic carbocycles. The molecule has 0 saturated heterocycles. The van der Waals surface area contributed by atoms with Gasteiger partial charge in [0, 0.05) is 19.7 Å². The number of sulfonamides is 1. The van der Waals surface area contributed by atoms with E-state index in [1.54, 1.807) is 18.2 Å². The minimum absolute atomic E-state index is 0.336. The van der Waals surface area contributed by atoms with Crippen LogP contribution in [0, 0.1) is 0 Å². The Morgan fingerprint density at radius 3 is 2.39 bits per heavy atom. The molecule has 0 radical (unpaired) electrons. The fraction of sp³-hybridized carbons (Fsp3) is 0.538. The smallest absolute Gasteiger partial charge is 0.243 e. The SMILES string of the molecule is CCOCc1cccc(S(=O)(=O)N(CC)CC)c1. The van der Waals surface area contributed by atoms with Crippen molar-refractivity contribution in [1.82, 2.24) is 4.31 Å². The summed E-state index contributed by atoms with van der Waals surface area (Å²) in [6.07, 6.45) is 0. The number of hydrogen-bond acceptors (Lipinski definition) is 3. The lowest BCUT2D eigenvalue weighted by Crippen LogP contribution is -2.30. The first-order valence-corrected chi connectivity index (χ1v) is 7.67. The molecule has 0 aliphatic rings. The van der Waals surface area contributed by atoms with Gasteiger partial charge < -0.3 is 4.74 Å². The van der Waals surface area contributed by atoms with Crippen molar-refractivity contribution < 1.29 is 13.2 Å². The van der Waals surface area contributed by atoms with Crippen LogP contribution in [0.25, 0.3) is 0 Å². The molecule has 0 fully saturated rings. The van der Waals surface area contributed by atoms with Gasteiger partial charge in [0.25, 0.3) is 0 Å². The molecule has 0 unspecified atom stereocenters. The second kappa shape index (κ2) is 6.87. The highest BCUT2D eigenvalue weighted by Gasteiger charge is 2.21. The van der Waals surface area contributed by atoms with Crippen LogP contribution in [0.3, 0.4) is 0 Å². The molecule has 0 heterocycles. The minimum atomic E-state index is -3.37. The van der Waals surface area contributed by atoms with Crippen LogP contribution < -0.4 is 0 Å². The molecule has 0 amide bonds. The highest BCUT2D eigenvalue weighted by atomic mass is 32.2. The lowest BCUT2D eigenvalue weighted by molar-refractivity contribution is 0.134. The van der Waals surface area contributed by atoms with Crippen molar-refractivity contribution in [2.75, 3.05) is 19.7 Å². The van der Waals surface area contributed by atoms with Gasteiger partial charge in [-0.1, -0.05) is 26.0 Å². The van der Waals surface area contributed by atoms with Crippen LogP contribution in [0.15, 0.2) is 29.2 Å². The third-order valence-electron chi connectivity index (χ3n) is 2.71. The Morgan fingerprint density at radius 1 is 1.17 bits per heavy atom. The van der Waals surface area contributed by atoms with Crippen molar-refractivity contribution in [2.24, 2.45) is 0 Å². The van der Waals surface area contributed by atoms with Crippen LogP contribution >= 0.6 is 0 Å². The third-order valence-corrected chi connectivity index (χ3v) is 4.76. The second-order valence-electron chi connectivity index (χ2n) is 3.87. The fourth-order valence-electron chi connectivity index (χ4n) is 1.73. The number of rotatable bonds is 7. The Kier molecular flexibility index (Phi) is 5.78. The summed E-state index contributed by atoms with van der Waals surface area (Å²) in [4.78, 5) is 0.336. The zero-order valence-corrected chi connectivity index (χ0v) is 12.0. The quantitative estimate of drug-likeness (QED) is 0.764. The van der Waals surface area contributed by atoms with Gasteiger partial charge in [0.05, 0.1) is 11.5 Å². The predicted octanol–water partition coefficient (Wildman–Crippen LogP) is 2.25. The average molecular weight is 271 g/mol. The molecular weight excluding hydrogens is 250 g/mol. The Bertz CT molecular complexity index is 467. The summed E-state index contributed by atoms with van der Waals surface area (Å²) in [6, 6.07) is 6.94. The van der Waals surface area contributed by atoms with Crippen LogP contribution in [0.2, 0.25) is 0 Å². The molecule has 0 atom stereocenters. The van der Waals surface area contributed by atoms with Crippen LogP contribution in [-0.2, 0) is 21.4 Å². The molecule has 5 heteroatoms. The van der Waals surface area contributed by atoms with Crippen molar-refractivity contribution in [2.45, 2.75) is 32.3 Å². The van der Waals surface area contributed by atoms with Crippen LogP contribution in [0.5, 0.6) is 0 Å². The molecular formula is C13H21NO3S. The van der Waals surface area contributed by atoms with Gasteiger partial charge in [0.15, 0.2) is 0 Å². The zero-order chi connectivity index (χ0) is 13.6. The molecule has 18 heavy (non-hydrogen) atoms. The van der Waals surface area contributed by atoms with E-state index in [1.165, 1.54) is 4.31 Å². The number of ether oxygens (including phenoxy) is 1. The number of benzene rings is 1. The Balaban J connectivity index is 3.01. The topological polar surface area (TPSA) is 46.6 Å². The lowest BCUT2D eigenvalue weighted by atomic mass is 10.2. The second-order valence-corrected chi connectivity index (χ2v) is 5.81. The molecule has 4 nitrogen and oxygen atoms in total. The maximum Gasteiger partial charge on any atom is 0.243 e. The maximum absolute atomic E-state index is 12.3. The molecule has 0 aliphatic heterocycles. The van der Waals surface area contributed by atoms with Crippen molar-refractivity contribution >= 4 is 10.0 Å². The first kappa shape index (κ1) is 15.1. The summed E-state index contributed by atoms with van der Waals surface area (Å²) < 4.78 is 31.4. The van der Waals surface area contributed by atoms with Crippen molar-refractivity contribution in [1.29, 1.82) is 0 Å². The maximum atomic E-state index is 12.3. The van der Waals surface area contributed by atoms with E-state index in [9.17, 15) is 8.42 Å². The summed E-state index contributed by atoms with van der Waals surface area (Å²) >= 11 is 0. The van der Waals surface area contributed by atoms with E-state index in [2.05, 4.69) is 0 Å². The molecule has 0 aromatic heterocycles. The first-order chi connectivity index (χ1) is 8.56. The first-order valence-electron chi connectivity index (χ1n) is 6.23. The third kappa shape index (κ3) is 3.54. The summed E-state index contributed by atoms with van der Waals surface area (Å²) in [5.74, 6) is 0. The standard InChI is InChI=1S/C13H21NO3S/c1-4-14(5-2)18(15,16)13-9-7-8-12(10-13)11-17-6-3/h7-10H,4-6,11H2,1-3H3. The van der Waals surface area contributed by atoms with Crippen LogP contribution in [-0.4, -0.2) is 32.4 Å². The summed E-state index contributed by atoms with van der Waals surface area (Å²) in [5, 5.41) is 0. The van der Waals surface area contributed by atoms with Gasteiger partial charge in [-0.3, -0.25) is 0 Å². The highest BCUT2D eigenvalue weighted by Crippen LogP contribution is 2.17. The Labute approximate surface area is 110 Å². The highest BCUT2D eigenvalue weighted by molar-refractivity contribution is 7.89. The molecule has 0 bridgehead atoms. The largest absolute Gasteiger partial charge is 0.377 e. The van der Waals surface area contributed by atoms with E-state index in [1.807, 2.05) is 26.8 Å². The van der Waals surface area contributed by atoms with Crippen molar-refractivity contribution in [3.8, 4) is 0 Å². The van der Waals surface area contributed by atoms with Gasteiger partial charge in [0.2, 0.25) is 10.0 Å². The van der Waals surface area contributed by atoms with Crippen LogP contribution in [0.4, 0.5) is 0 Å². The number of nitrogens with zero attached hydrogens (tertiary/aromatic N) is 1. The number of hydrogen-bond donors (Lipinski definition) is 0. The van der Waals surface area contributed by atoms with E-state index in [0.717, 1.165) is 5.56 Å². The van der Waals surface area contributed by atoms with E-state index in [4.69, 9.17) is 4.74 Å². The molecule has 0 saturated carbocycles. The Morgan fingerprint density at radius 2 is 1.83 bits per heavy atom. The van der Waals surface area contributed by atoms with E-state index in [0.29, 0.717) is 31.2 Å². The molecule has 102 valence electrons. The molecule has 0 spiro atoms. The van der Waals surface area contributed by atoms with Gasteiger partial charge in [0.1, 0.15) is 0 Å². The van der Waals surface area contributed by atoms with Gasteiger partial charge in [-0.2, -0.15) is 4.31 Å². The fourth-order valence-corrected chi connectivity index (χ4v) is 3.26. The zero-order valence-electron chi connectivity index (χ0n) is 11.2. The summed E-state index contributed by atoms with van der Waals surface area (Å²) in [5.41, 5.74) is 0.880. The molecule has 1 aromatic rings. The average Bonchev–Trinajstić information content (AvgIpc) is 2.38. The van der Waals surface area contributed by atoms with E-state index < -0.39 is 10.0 Å². The van der Waals surface area contributed by atoms with Gasteiger partial charge in [-0.25, -0.2) is 8.42 Å². The van der Waals surface area contributed by atoms with E-state index in [-0.39, 0.29) is 0 Å². The van der Waals surface area contributed by atoms with Gasteiger partial charge >= 0.3 is 0 Å². The molecule has 0 N–H and O–H groups in total. The van der Waals surface area contributed by atoms with Gasteiger partial charge in [-0.15, -0.1) is 0 Å².